The summed E-state index contributed by atoms with van der Waals surface area (Å²) in [4.78, 5) is 8.44. The highest BCUT2D eigenvalue weighted by Gasteiger charge is 2.13. The van der Waals surface area contributed by atoms with Gasteiger partial charge in [-0.15, -0.1) is 0 Å². The molecule has 0 aliphatic carbocycles. The number of hydrogen-bond acceptors (Lipinski definition) is 4. The molecule has 0 aliphatic heterocycles. The Morgan fingerprint density at radius 3 is 2.75 bits per heavy atom. The lowest BCUT2D eigenvalue weighted by molar-refractivity contribution is 0.455. The summed E-state index contributed by atoms with van der Waals surface area (Å²) in [6, 6.07) is 5.47. The lowest BCUT2D eigenvalue weighted by atomic mass is 10.2. The lowest BCUT2D eigenvalue weighted by Crippen LogP contribution is -2.05. The van der Waals surface area contributed by atoms with E-state index in [9.17, 15) is 0 Å². The first kappa shape index (κ1) is 15.1. The highest BCUT2D eigenvalue weighted by Crippen LogP contribution is 2.33. The smallest absolute Gasteiger partial charge is 0.227 e. The van der Waals surface area contributed by atoms with Gasteiger partial charge in [0.2, 0.25) is 5.88 Å². The molecule has 0 amide bonds. The minimum absolute atomic E-state index is 0.530. The summed E-state index contributed by atoms with van der Waals surface area (Å²) >= 11 is 9.53. The molecular weight excluding hydrogens is 342 g/mol. The summed E-state index contributed by atoms with van der Waals surface area (Å²) in [5.74, 6) is 1.90. The fourth-order valence-electron chi connectivity index (χ4n) is 1.78. The monoisotopic (exact) mass is 355 g/mol. The molecule has 1 N–H and O–H groups in total. The van der Waals surface area contributed by atoms with Crippen molar-refractivity contribution in [2.24, 2.45) is 0 Å². The van der Waals surface area contributed by atoms with Crippen LogP contribution in [0.15, 0.2) is 29.0 Å². The molecule has 1 aromatic heterocycles. The number of rotatable bonds is 5. The molecule has 0 spiro atoms. The Kier molecular flexibility index (Phi) is 5.20. The van der Waals surface area contributed by atoms with E-state index in [0.29, 0.717) is 16.7 Å². The van der Waals surface area contributed by atoms with Crippen molar-refractivity contribution < 1.29 is 4.74 Å². The zero-order valence-corrected chi connectivity index (χ0v) is 13.6. The first-order valence-corrected chi connectivity index (χ1v) is 7.53. The van der Waals surface area contributed by atoms with Crippen LogP contribution in [0.5, 0.6) is 11.6 Å². The summed E-state index contributed by atoms with van der Waals surface area (Å²) in [7, 11) is 0. The van der Waals surface area contributed by atoms with E-state index in [1.807, 2.05) is 19.9 Å². The van der Waals surface area contributed by atoms with Gasteiger partial charge in [-0.3, -0.25) is 0 Å². The minimum atomic E-state index is 0.530. The Labute approximate surface area is 131 Å². The molecule has 1 aromatic carbocycles. The van der Waals surface area contributed by atoms with Crippen molar-refractivity contribution in [3.63, 3.8) is 0 Å². The maximum atomic E-state index is 6.16. The molecule has 4 nitrogen and oxygen atoms in total. The maximum Gasteiger partial charge on any atom is 0.227 e. The van der Waals surface area contributed by atoms with Gasteiger partial charge in [0.05, 0.1) is 10.6 Å². The van der Waals surface area contributed by atoms with E-state index in [1.165, 1.54) is 6.33 Å². The molecule has 0 saturated carbocycles. The van der Waals surface area contributed by atoms with Gasteiger partial charge in [-0.1, -0.05) is 34.5 Å². The summed E-state index contributed by atoms with van der Waals surface area (Å²) in [5.41, 5.74) is 0.938. The number of ether oxygens (including phenoxy) is 1. The molecule has 0 unspecified atom stereocenters. The van der Waals surface area contributed by atoms with Crippen LogP contribution in [0.2, 0.25) is 5.02 Å². The van der Waals surface area contributed by atoms with Crippen LogP contribution in [0, 0.1) is 0 Å². The molecule has 0 saturated heterocycles. The predicted molar refractivity (Wildman–Crippen MR) is 84.8 cm³/mol. The SMILES string of the molecule is CCNc1ncnc(Oc2ccc(Br)cc2Cl)c1CC. The fraction of sp³-hybridized carbons (Fsp3) is 0.286. The number of halogens is 2. The molecular formula is C14H15BrClN3O. The molecule has 6 heteroatoms. The molecule has 0 aliphatic rings. The average Bonchev–Trinajstić information content (AvgIpc) is 2.42. The first-order chi connectivity index (χ1) is 9.65. The number of nitrogens with zero attached hydrogens (tertiary/aromatic N) is 2. The summed E-state index contributed by atoms with van der Waals surface area (Å²) in [5, 5.41) is 3.74. The Morgan fingerprint density at radius 1 is 1.30 bits per heavy atom. The maximum absolute atomic E-state index is 6.16. The van der Waals surface area contributed by atoms with E-state index in [2.05, 4.69) is 31.2 Å². The molecule has 20 heavy (non-hydrogen) atoms. The summed E-state index contributed by atoms with van der Waals surface area (Å²) in [6.07, 6.45) is 2.26. The van der Waals surface area contributed by atoms with E-state index >= 15 is 0 Å². The van der Waals surface area contributed by atoms with E-state index in [0.717, 1.165) is 28.8 Å². The highest BCUT2D eigenvalue weighted by atomic mass is 79.9. The van der Waals surface area contributed by atoms with Crippen LogP contribution in [-0.2, 0) is 6.42 Å². The second-order valence-electron chi connectivity index (χ2n) is 4.07. The van der Waals surface area contributed by atoms with Crippen molar-refractivity contribution >= 4 is 33.3 Å². The van der Waals surface area contributed by atoms with Crippen LogP contribution in [0.1, 0.15) is 19.4 Å². The van der Waals surface area contributed by atoms with Crippen molar-refractivity contribution in [2.45, 2.75) is 20.3 Å². The van der Waals surface area contributed by atoms with Crippen molar-refractivity contribution in [3.05, 3.63) is 39.6 Å². The summed E-state index contributed by atoms with van der Waals surface area (Å²) in [6.45, 7) is 4.85. The van der Waals surface area contributed by atoms with Gasteiger partial charge in [-0.25, -0.2) is 9.97 Å². The number of nitrogens with one attached hydrogen (secondary N) is 1. The Balaban J connectivity index is 2.35. The van der Waals surface area contributed by atoms with Gasteiger partial charge in [-0.05, 0) is 31.5 Å². The molecule has 106 valence electrons. The zero-order valence-electron chi connectivity index (χ0n) is 11.3. The Hall–Kier alpha value is -1.33. The van der Waals surface area contributed by atoms with Crippen molar-refractivity contribution in [1.82, 2.24) is 9.97 Å². The van der Waals surface area contributed by atoms with Crippen LogP contribution in [-0.4, -0.2) is 16.5 Å². The molecule has 0 fully saturated rings. The normalized spacial score (nSPS) is 10.4. The van der Waals surface area contributed by atoms with E-state index < -0.39 is 0 Å². The molecule has 1 heterocycles. The number of benzene rings is 1. The standard InChI is InChI=1S/C14H15BrClN3O/c1-3-10-13(17-4-2)18-8-19-14(10)20-12-6-5-9(15)7-11(12)16/h5-8H,3-4H2,1-2H3,(H,17,18,19). The number of aromatic nitrogens is 2. The number of hydrogen-bond donors (Lipinski definition) is 1. The molecule has 0 radical (unpaired) electrons. The van der Waals surface area contributed by atoms with Crippen LogP contribution in [0.25, 0.3) is 0 Å². The van der Waals surface area contributed by atoms with Gasteiger partial charge < -0.3 is 10.1 Å². The van der Waals surface area contributed by atoms with Crippen molar-refractivity contribution in [2.75, 3.05) is 11.9 Å². The second kappa shape index (κ2) is 6.90. The topological polar surface area (TPSA) is 47.0 Å². The van der Waals surface area contributed by atoms with Gasteiger partial charge in [0.1, 0.15) is 17.9 Å². The lowest BCUT2D eigenvalue weighted by Gasteiger charge is -2.13. The fourth-order valence-corrected chi connectivity index (χ4v) is 2.50. The third kappa shape index (κ3) is 3.41. The quantitative estimate of drug-likeness (QED) is 0.845. The van der Waals surface area contributed by atoms with Crippen LogP contribution in [0.3, 0.4) is 0 Å². The zero-order chi connectivity index (χ0) is 14.5. The van der Waals surface area contributed by atoms with Gasteiger partial charge in [0.15, 0.2) is 0 Å². The molecule has 0 bridgehead atoms. The molecule has 2 aromatic rings. The van der Waals surface area contributed by atoms with Gasteiger partial charge >= 0.3 is 0 Å². The summed E-state index contributed by atoms with van der Waals surface area (Å²) < 4.78 is 6.73. The minimum Gasteiger partial charge on any atom is -0.437 e. The molecule has 2 rings (SSSR count). The predicted octanol–water partition coefficient (Wildman–Crippen LogP) is 4.68. The molecule has 0 atom stereocenters. The van der Waals surface area contributed by atoms with Crippen LogP contribution < -0.4 is 10.1 Å². The Morgan fingerprint density at radius 2 is 2.10 bits per heavy atom. The second-order valence-corrected chi connectivity index (χ2v) is 5.39. The van der Waals surface area contributed by atoms with E-state index in [-0.39, 0.29) is 0 Å². The van der Waals surface area contributed by atoms with Gasteiger partial charge in [0.25, 0.3) is 0 Å². The first-order valence-electron chi connectivity index (χ1n) is 6.36. The average molecular weight is 357 g/mol. The largest absolute Gasteiger partial charge is 0.437 e. The third-order valence-electron chi connectivity index (χ3n) is 2.70. The van der Waals surface area contributed by atoms with Crippen molar-refractivity contribution in [3.8, 4) is 11.6 Å². The van der Waals surface area contributed by atoms with Crippen LogP contribution >= 0.6 is 27.5 Å². The van der Waals surface area contributed by atoms with E-state index in [4.69, 9.17) is 16.3 Å². The highest BCUT2D eigenvalue weighted by molar-refractivity contribution is 9.10. The van der Waals surface area contributed by atoms with Crippen LogP contribution in [0.4, 0.5) is 5.82 Å². The third-order valence-corrected chi connectivity index (χ3v) is 3.49. The van der Waals surface area contributed by atoms with Gasteiger partial charge in [-0.2, -0.15) is 0 Å². The van der Waals surface area contributed by atoms with Gasteiger partial charge in [0, 0.05) is 11.0 Å². The van der Waals surface area contributed by atoms with E-state index in [1.54, 1.807) is 12.1 Å². The number of anilines is 1. The van der Waals surface area contributed by atoms with Crippen molar-refractivity contribution in [1.29, 1.82) is 0 Å². The Bertz CT molecular complexity index is 607.